The number of nitrogens with zero attached hydrogens (tertiary/aromatic N) is 3. The van der Waals surface area contributed by atoms with Crippen LogP contribution in [0, 0.1) is 20.8 Å². The smallest absolute Gasteiger partial charge is 0.289 e. The summed E-state index contributed by atoms with van der Waals surface area (Å²) in [6.07, 6.45) is 4.90. The molecule has 6 nitrogen and oxygen atoms in total. The monoisotopic (exact) mass is 380 g/mol. The summed E-state index contributed by atoms with van der Waals surface area (Å²) in [6, 6.07) is 4.13. The van der Waals surface area contributed by atoms with Crippen LogP contribution < -0.4 is 5.32 Å². The molecular weight excluding hydrogens is 352 g/mol. The van der Waals surface area contributed by atoms with Crippen LogP contribution in [-0.2, 0) is 13.0 Å². The largest absolute Gasteiger partial charge is 0.336 e. The minimum absolute atomic E-state index is 0.0394. The van der Waals surface area contributed by atoms with Crippen molar-refractivity contribution in [2.75, 3.05) is 18.4 Å². The first-order valence-electron chi connectivity index (χ1n) is 10.2. The second-order valence-electron chi connectivity index (χ2n) is 8.07. The van der Waals surface area contributed by atoms with Gasteiger partial charge in [-0.15, -0.1) is 0 Å². The first-order valence-corrected chi connectivity index (χ1v) is 10.2. The van der Waals surface area contributed by atoms with Gasteiger partial charge >= 0.3 is 0 Å². The number of aryl methyl sites for hydroxylation is 3. The van der Waals surface area contributed by atoms with Crippen LogP contribution in [0.4, 0.5) is 5.69 Å². The molecule has 0 aliphatic carbocycles. The van der Waals surface area contributed by atoms with E-state index in [9.17, 15) is 9.59 Å². The lowest BCUT2D eigenvalue weighted by atomic mass is 10.0. The van der Waals surface area contributed by atoms with E-state index in [2.05, 4.69) is 22.4 Å². The van der Waals surface area contributed by atoms with Crippen molar-refractivity contribution in [1.82, 2.24) is 14.5 Å². The van der Waals surface area contributed by atoms with Crippen LogP contribution in [0.3, 0.4) is 0 Å². The standard InChI is InChI=1S/C22H28N4O2/c1-14-12-15(2)18(16(3)13-14)24-21(27)19-17-8-4-5-11-26(17)20(23-19)22(28)25-9-6-7-10-25/h12-13H,4-11H2,1-3H3,(H,24,27). The molecule has 0 spiro atoms. The number of carbonyl (C=O) groups excluding carboxylic acids is 2. The number of benzene rings is 1. The van der Waals surface area contributed by atoms with Crippen molar-refractivity contribution in [3.8, 4) is 0 Å². The van der Waals surface area contributed by atoms with Crippen LogP contribution in [0.1, 0.15) is 69.2 Å². The molecule has 0 atom stereocenters. The molecule has 1 saturated heterocycles. The van der Waals surface area contributed by atoms with Crippen molar-refractivity contribution >= 4 is 17.5 Å². The Balaban J connectivity index is 1.68. The van der Waals surface area contributed by atoms with Gasteiger partial charge in [0.15, 0.2) is 11.5 Å². The fourth-order valence-electron chi connectivity index (χ4n) is 4.50. The molecule has 1 aromatic heterocycles. The Hall–Kier alpha value is -2.63. The van der Waals surface area contributed by atoms with E-state index in [1.165, 1.54) is 5.56 Å². The third kappa shape index (κ3) is 3.32. The minimum atomic E-state index is -0.221. The lowest BCUT2D eigenvalue weighted by Crippen LogP contribution is -2.31. The maximum absolute atomic E-state index is 13.1. The molecule has 148 valence electrons. The Bertz CT molecular complexity index is 915. The average Bonchev–Trinajstić information content (AvgIpc) is 3.32. The van der Waals surface area contributed by atoms with Gasteiger partial charge in [0.25, 0.3) is 11.8 Å². The average molecular weight is 380 g/mol. The molecule has 2 aromatic rings. The topological polar surface area (TPSA) is 67.2 Å². The van der Waals surface area contributed by atoms with Crippen LogP contribution in [0.25, 0.3) is 0 Å². The number of aromatic nitrogens is 2. The number of rotatable bonds is 3. The zero-order chi connectivity index (χ0) is 19.8. The van der Waals surface area contributed by atoms with Crippen molar-refractivity contribution in [2.24, 2.45) is 0 Å². The molecule has 1 fully saturated rings. The summed E-state index contributed by atoms with van der Waals surface area (Å²) in [4.78, 5) is 32.5. The SMILES string of the molecule is Cc1cc(C)c(NC(=O)c2nc(C(=O)N3CCCC3)n3c2CCCC3)c(C)c1. The molecule has 0 unspecified atom stereocenters. The number of hydrogen-bond acceptors (Lipinski definition) is 3. The summed E-state index contributed by atoms with van der Waals surface area (Å²) in [5.41, 5.74) is 5.38. The van der Waals surface area contributed by atoms with Gasteiger partial charge in [0.1, 0.15) is 0 Å². The van der Waals surface area contributed by atoms with Crippen molar-refractivity contribution in [3.05, 3.63) is 46.0 Å². The van der Waals surface area contributed by atoms with E-state index in [0.717, 1.165) is 74.2 Å². The Kier molecular flexibility index (Phi) is 4.96. The summed E-state index contributed by atoms with van der Waals surface area (Å²) in [5.74, 6) is 0.169. The van der Waals surface area contributed by atoms with E-state index >= 15 is 0 Å². The molecular formula is C22H28N4O2. The van der Waals surface area contributed by atoms with Crippen molar-refractivity contribution in [1.29, 1.82) is 0 Å². The zero-order valence-electron chi connectivity index (χ0n) is 17.0. The fraction of sp³-hybridized carbons (Fsp3) is 0.500. The van der Waals surface area contributed by atoms with Gasteiger partial charge in [-0.3, -0.25) is 9.59 Å². The summed E-state index contributed by atoms with van der Waals surface area (Å²) in [7, 11) is 0. The molecule has 0 bridgehead atoms. The van der Waals surface area contributed by atoms with E-state index in [1.807, 2.05) is 30.2 Å². The number of amides is 2. The third-order valence-electron chi connectivity index (χ3n) is 5.83. The van der Waals surface area contributed by atoms with Crippen LogP contribution in [-0.4, -0.2) is 39.4 Å². The minimum Gasteiger partial charge on any atom is -0.336 e. The molecule has 0 radical (unpaired) electrons. The first-order chi connectivity index (χ1) is 13.5. The van der Waals surface area contributed by atoms with Gasteiger partial charge in [0.2, 0.25) is 0 Å². The molecule has 3 heterocycles. The number of likely N-dealkylation sites (tertiary alicyclic amines) is 1. The number of imidazole rings is 1. The maximum atomic E-state index is 13.1. The predicted octanol–water partition coefficient (Wildman–Crippen LogP) is 3.63. The number of hydrogen-bond donors (Lipinski definition) is 1. The Labute approximate surface area is 165 Å². The van der Waals surface area contributed by atoms with Crippen LogP contribution >= 0.6 is 0 Å². The van der Waals surface area contributed by atoms with Gasteiger partial charge in [-0.05, 0) is 64.0 Å². The molecule has 28 heavy (non-hydrogen) atoms. The van der Waals surface area contributed by atoms with Crippen LogP contribution in [0.5, 0.6) is 0 Å². The normalized spacial score (nSPS) is 16.2. The summed E-state index contributed by atoms with van der Waals surface area (Å²) in [6.45, 7) is 8.37. The second kappa shape index (κ2) is 7.41. The highest BCUT2D eigenvalue weighted by molar-refractivity contribution is 6.05. The number of anilines is 1. The molecule has 2 aliphatic heterocycles. The molecule has 2 amide bonds. The highest BCUT2D eigenvalue weighted by Crippen LogP contribution is 2.26. The van der Waals surface area contributed by atoms with E-state index in [4.69, 9.17) is 0 Å². The first kappa shape index (κ1) is 18.7. The zero-order valence-corrected chi connectivity index (χ0v) is 17.0. The third-order valence-corrected chi connectivity index (χ3v) is 5.83. The Morgan fingerprint density at radius 1 is 0.964 bits per heavy atom. The highest BCUT2D eigenvalue weighted by atomic mass is 16.2. The van der Waals surface area contributed by atoms with Gasteiger partial charge in [-0.25, -0.2) is 4.98 Å². The van der Waals surface area contributed by atoms with Gasteiger partial charge in [-0.1, -0.05) is 17.7 Å². The predicted molar refractivity (Wildman–Crippen MR) is 109 cm³/mol. The van der Waals surface area contributed by atoms with Crippen molar-refractivity contribution in [2.45, 2.75) is 59.4 Å². The number of fused-ring (bicyclic) bond motifs is 1. The lowest BCUT2D eigenvalue weighted by Gasteiger charge is -2.19. The van der Waals surface area contributed by atoms with E-state index in [1.54, 1.807) is 0 Å². The van der Waals surface area contributed by atoms with Crippen LogP contribution in [0.15, 0.2) is 12.1 Å². The molecule has 0 saturated carbocycles. The molecule has 4 rings (SSSR count). The van der Waals surface area contributed by atoms with E-state index < -0.39 is 0 Å². The van der Waals surface area contributed by atoms with Gasteiger partial charge < -0.3 is 14.8 Å². The maximum Gasteiger partial charge on any atom is 0.289 e. The van der Waals surface area contributed by atoms with Gasteiger partial charge in [-0.2, -0.15) is 0 Å². The second-order valence-corrected chi connectivity index (χ2v) is 8.07. The summed E-state index contributed by atoms with van der Waals surface area (Å²) < 4.78 is 1.98. The molecule has 1 aromatic carbocycles. The summed E-state index contributed by atoms with van der Waals surface area (Å²) >= 11 is 0. The number of nitrogens with one attached hydrogen (secondary N) is 1. The molecule has 1 N–H and O–H groups in total. The van der Waals surface area contributed by atoms with E-state index in [-0.39, 0.29) is 11.8 Å². The Morgan fingerprint density at radius 2 is 1.61 bits per heavy atom. The van der Waals surface area contributed by atoms with Crippen molar-refractivity contribution in [3.63, 3.8) is 0 Å². The van der Waals surface area contributed by atoms with Crippen LogP contribution in [0.2, 0.25) is 0 Å². The number of carbonyl (C=O) groups is 2. The van der Waals surface area contributed by atoms with Gasteiger partial charge in [0, 0.05) is 25.3 Å². The highest BCUT2D eigenvalue weighted by Gasteiger charge is 2.31. The molecule has 6 heteroatoms. The fourth-order valence-corrected chi connectivity index (χ4v) is 4.50. The van der Waals surface area contributed by atoms with Gasteiger partial charge in [0.05, 0.1) is 5.69 Å². The Morgan fingerprint density at radius 3 is 2.29 bits per heavy atom. The summed E-state index contributed by atoms with van der Waals surface area (Å²) in [5, 5.41) is 3.05. The lowest BCUT2D eigenvalue weighted by molar-refractivity contribution is 0.0774. The van der Waals surface area contributed by atoms with E-state index in [0.29, 0.717) is 11.5 Å². The molecule has 2 aliphatic rings. The van der Waals surface area contributed by atoms with Crippen molar-refractivity contribution < 1.29 is 9.59 Å². The quantitative estimate of drug-likeness (QED) is 0.884.